The number of ether oxygens (including phenoxy) is 3. The number of carbonyl (C=O) groups is 2. The van der Waals surface area contributed by atoms with E-state index in [-0.39, 0.29) is 5.41 Å². The molecule has 1 aliphatic rings. The monoisotopic (exact) mass is 426 g/mol. The molecule has 0 bridgehead atoms. The third-order valence-corrected chi connectivity index (χ3v) is 5.81. The second kappa shape index (κ2) is 10.8. The SMILES string of the molecule is COC(=O)[C@H](Cc1ccccc1)NC(=O)NCC1(c2ccc(OC)cc2)CCOCC1. The van der Waals surface area contributed by atoms with Crippen molar-refractivity contribution in [2.24, 2.45) is 0 Å². The Morgan fingerprint density at radius 3 is 2.32 bits per heavy atom. The van der Waals surface area contributed by atoms with E-state index < -0.39 is 18.0 Å². The topological polar surface area (TPSA) is 85.9 Å². The van der Waals surface area contributed by atoms with Crippen LogP contribution in [-0.4, -0.2) is 52.0 Å². The van der Waals surface area contributed by atoms with Crippen LogP contribution in [0.15, 0.2) is 54.6 Å². The average molecular weight is 427 g/mol. The molecule has 7 nitrogen and oxygen atoms in total. The number of nitrogens with one attached hydrogen (secondary N) is 2. The molecule has 0 aliphatic carbocycles. The van der Waals surface area contributed by atoms with Gasteiger partial charge in [-0.05, 0) is 36.1 Å². The summed E-state index contributed by atoms with van der Waals surface area (Å²) >= 11 is 0. The fourth-order valence-electron chi connectivity index (χ4n) is 3.92. The molecule has 0 radical (unpaired) electrons. The molecule has 0 spiro atoms. The van der Waals surface area contributed by atoms with Crippen molar-refractivity contribution in [3.8, 4) is 5.75 Å². The van der Waals surface area contributed by atoms with Crippen molar-refractivity contribution >= 4 is 12.0 Å². The van der Waals surface area contributed by atoms with Crippen LogP contribution in [0.3, 0.4) is 0 Å². The van der Waals surface area contributed by atoms with Crippen LogP contribution in [0.5, 0.6) is 5.75 Å². The lowest BCUT2D eigenvalue weighted by Crippen LogP contribution is -2.51. The summed E-state index contributed by atoms with van der Waals surface area (Å²) in [5.74, 6) is 0.313. The first kappa shape index (κ1) is 22.6. The van der Waals surface area contributed by atoms with Gasteiger partial charge in [-0.15, -0.1) is 0 Å². The lowest BCUT2D eigenvalue weighted by molar-refractivity contribution is -0.142. The molecule has 0 unspecified atom stereocenters. The highest BCUT2D eigenvalue weighted by Crippen LogP contribution is 2.35. The number of carbonyl (C=O) groups excluding carboxylic acids is 2. The molecule has 1 fully saturated rings. The molecule has 1 atom stereocenters. The first-order valence-electron chi connectivity index (χ1n) is 10.4. The third kappa shape index (κ3) is 5.98. The van der Waals surface area contributed by atoms with Crippen molar-refractivity contribution in [2.45, 2.75) is 30.7 Å². The van der Waals surface area contributed by atoms with Crippen LogP contribution in [-0.2, 0) is 26.1 Å². The molecule has 7 heteroatoms. The van der Waals surface area contributed by atoms with Gasteiger partial charge in [0.05, 0.1) is 14.2 Å². The summed E-state index contributed by atoms with van der Waals surface area (Å²) in [6.07, 6.45) is 1.95. The summed E-state index contributed by atoms with van der Waals surface area (Å²) in [6, 6.07) is 16.3. The van der Waals surface area contributed by atoms with Crippen LogP contribution in [0, 0.1) is 0 Å². The van der Waals surface area contributed by atoms with E-state index in [1.165, 1.54) is 7.11 Å². The molecule has 3 rings (SSSR count). The van der Waals surface area contributed by atoms with E-state index in [1.807, 2.05) is 54.6 Å². The fraction of sp³-hybridized carbons (Fsp3) is 0.417. The zero-order valence-corrected chi connectivity index (χ0v) is 18.1. The molecule has 0 aromatic heterocycles. The molecule has 1 saturated heterocycles. The number of rotatable bonds is 8. The molecule has 31 heavy (non-hydrogen) atoms. The Kier molecular flexibility index (Phi) is 7.89. The lowest BCUT2D eigenvalue weighted by Gasteiger charge is -2.38. The molecule has 2 aromatic rings. The molecule has 1 aliphatic heterocycles. The maximum atomic E-state index is 12.7. The largest absolute Gasteiger partial charge is 0.497 e. The lowest BCUT2D eigenvalue weighted by atomic mass is 9.74. The molecule has 2 amide bonds. The molecule has 166 valence electrons. The van der Waals surface area contributed by atoms with Crippen LogP contribution >= 0.6 is 0 Å². The second-order valence-corrected chi connectivity index (χ2v) is 7.71. The normalized spacial score (nSPS) is 16.1. The van der Waals surface area contributed by atoms with Gasteiger partial charge in [0.2, 0.25) is 0 Å². The highest BCUT2D eigenvalue weighted by Gasteiger charge is 2.35. The zero-order chi connectivity index (χ0) is 22.1. The van der Waals surface area contributed by atoms with E-state index in [4.69, 9.17) is 14.2 Å². The summed E-state index contributed by atoms with van der Waals surface area (Å²) in [6.45, 7) is 1.70. The van der Waals surface area contributed by atoms with Gasteiger partial charge in [0.15, 0.2) is 0 Å². The fourth-order valence-corrected chi connectivity index (χ4v) is 3.92. The maximum absolute atomic E-state index is 12.7. The van der Waals surface area contributed by atoms with Crippen molar-refractivity contribution in [3.63, 3.8) is 0 Å². The van der Waals surface area contributed by atoms with E-state index in [0.29, 0.717) is 26.2 Å². The van der Waals surface area contributed by atoms with Gasteiger partial charge in [-0.25, -0.2) is 9.59 Å². The summed E-state index contributed by atoms with van der Waals surface area (Å²) in [4.78, 5) is 24.9. The minimum absolute atomic E-state index is 0.234. The standard InChI is InChI=1S/C24H30N2O5/c1-29-20-10-8-19(9-11-20)24(12-14-31-15-13-24)17-25-23(28)26-21(22(27)30-2)16-18-6-4-3-5-7-18/h3-11,21H,12-17H2,1-2H3,(H2,25,26,28)/t21-/m0/s1. The van der Waals surface area contributed by atoms with Crippen molar-refractivity contribution in [1.82, 2.24) is 10.6 Å². The predicted molar refractivity (Wildman–Crippen MR) is 117 cm³/mol. The summed E-state index contributed by atoms with van der Waals surface area (Å²) in [5.41, 5.74) is 1.84. The number of urea groups is 1. The number of amides is 2. The molecule has 2 aromatic carbocycles. The Hall–Kier alpha value is -3.06. The van der Waals surface area contributed by atoms with E-state index in [0.717, 1.165) is 29.7 Å². The van der Waals surface area contributed by atoms with Crippen LogP contribution in [0.4, 0.5) is 4.79 Å². The average Bonchev–Trinajstić information content (AvgIpc) is 2.83. The number of hydrogen-bond acceptors (Lipinski definition) is 5. The minimum atomic E-state index is -0.765. The third-order valence-electron chi connectivity index (χ3n) is 5.81. The van der Waals surface area contributed by atoms with Crippen LogP contribution in [0.25, 0.3) is 0 Å². The summed E-state index contributed by atoms with van der Waals surface area (Å²) < 4.78 is 15.7. The molecule has 2 N–H and O–H groups in total. The first-order valence-corrected chi connectivity index (χ1v) is 10.4. The van der Waals surface area contributed by atoms with Gasteiger partial charge in [-0.1, -0.05) is 42.5 Å². The van der Waals surface area contributed by atoms with Gasteiger partial charge >= 0.3 is 12.0 Å². The van der Waals surface area contributed by atoms with Crippen molar-refractivity contribution in [2.75, 3.05) is 34.0 Å². The Morgan fingerprint density at radius 2 is 1.71 bits per heavy atom. The Bertz CT molecular complexity index is 848. The zero-order valence-electron chi connectivity index (χ0n) is 18.1. The minimum Gasteiger partial charge on any atom is -0.497 e. The van der Waals surface area contributed by atoms with Gasteiger partial charge < -0.3 is 24.8 Å². The molecular weight excluding hydrogens is 396 g/mol. The van der Waals surface area contributed by atoms with Gasteiger partial charge in [0, 0.05) is 31.6 Å². The summed E-state index contributed by atoms with van der Waals surface area (Å²) in [7, 11) is 2.96. The maximum Gasteiger partial charge on any atom is 0.328 e. The Labute approximate surface area is 183 Å². The highest BCUT2D eigenvalue weighted by molar-refractivity contribution is 5.83. The van der Waals surface area contributed by atoms with Gasteiger partial charge in [-0.2, -0.15) is 0 Å². The summed E-state index contributed by atoms with van der Waals surface area (Å²) in [5, 5.41) is 5.74. The van der Waals surface area contributed by atoms with E-state index >= 15 is 0 Å². The van der Waals surface area contributed by atoms with Gasteiger partial charge in [0.25, 0.3) is 0 Å². The predicted octanol–water partition coefficient (Wildman–Crippen LogP) is 2.83. The van der Waals surface area contributed by atoms with Crippen LogP contribution < -0.4 is 15.4 Å². The Balaban J connectivity index is 1.67. The van der Waals surface area contributed by atoms with Gasteiger partial charge in [-0.3, -0.25) is 0 Å². The van der Waals surface area contributed by atoms with Crippen molar-refractivity contribution in [1.29, 1.82) is 0 Å². The van der Waals surface area contributed by atoms with Crippen LogP contribution in [0.1, 0.15) is 24.0 Å². The van der Waals surface area contributed by atoms with E-state index in [9.17, 15) is 9.59 Å². The van der Waals surface area contributed by atoms with Crippen molar-refractivity contribution < 1.29 is 23.8 Å². The van der Waals surface area contributed by atoms with Gasteiger partial charge in [0.1, 0.15) is 11.8 Å². The van der Waals surface area contributed by atoms with E-state index in [2.05, 4.69) is 10.6 Å². The quantitative estimate of drug-likeness (QED) is 0.634. The smallest absolute Gasteiger partial charge is 0.328 e. The number of hydrogen-bond donors (Lipinski definition) is 2. The molecule has 0 saturated carbocycles. The number of benzene rings is 2. The van der Waals surface area contributed by atoms with E-state index in [1.54, 1.807) is 7.11 Å². The number of esters is 1. The van der Waals surface area contributed by atoms with Crippen molar-refractivity contribution in [3.05, 3.63) is 65.7 Å². The molecular formula is C24H30N2O5. The number of methoxy groups -OCH3 is 2. The molecule has 1 heterocycles. The first-order chi connectivity index (χ1) is 15.1. The Morgan fingerprint density at radius 1 is 1.03 bits per heavy atom. The second-order valence-electron chi connectivity index (χ2n) is 7.71. The highest BCUT2D eigenvalue weighted by atomic mass is 16.5. The van der Waals surface area contributed by atoms with Crippen LogP contribution in [0.2, 0.25) is 0 Å².